The zero-order chi connectivity index (χ0) is 18.0. The fourth-order valence-corrected chi connectivity index (χ4v) is 3.47. The van der Waals surface area contributed by atoms with E-state index in [9.17, 15) is 4.79 Å². The largest absolute Gasteiger partial charge is 0.349 e. The first kappa shape index (κ1) is 16.5. The van der Waals surface area contributed by atoms with Crippen LogP contribution in [-0.4, -0.2) is 10.9 Å². The van der Waals surface area contributed by atoms with Gasteiger partial charge in [-0.25, -0.2) is 0 Å². The number of rotatable bonds is 5. The average Bonchev–Trinajstić information content (AvgIpc) is 3.52. The molecule has 2 aromatic carbocycles. The van der Waals surface area contributed by atoms with Crippen LogP contribution in [0.4, 0.5) is 0 Å². The van der Waals surface area contributed by atoms with Crippen molar-refractivity contribution >= 4 is 5.91 Å². The number of hydrogen-bond acceptors (Lipinski definition) is 2. The maximum atomic E-state index is 12.9. The Kier molecular flexibility index (Phi) is 4.29. The van der Waals surface area contributed by atoms with E-state index >= 15 is 0 Å². The van der Waals surface area contributed by atoms with Crippen molar-refractivity contribution in [2.45, 2.75) is 31.2 Å². The third kappa shape index (κ3) is 3.13. The maximum Gasteiger partial charge on any atom is 0.231 e. The molecular formula is C23H22N2O. The van der Waals surface area contributed by atoms with Crippen molar-refractivity contribution in [2.24, 2.45) is 0 Å². The van der Waals surface area contributed by atoms with Crippen molar-refractivity contribution in [3.05, 3.63) is 90.3 Å². The fraction of sp³-hybridized carbons (Fsp3) is 0.217. The van der Waals surface area contributed by atoms with Crippen molar-refractivity contribution in [1.29, 1.82) is 0 Å². The molecule has 1 fully saturated rings. The molecule has 26 heavy (non-hydrogen) atoms. The summed E-state index contributed by atoms with van der Waals surface area (Å²) in [6.07, 6.45) is 5.47. The van der Waals surface area contributed by atoms with Crippen LogP contribution in [0.3, 0.4) is 0 Å². The van der Waals surface area contributed by atoms with Crippen molar-refractivity contribution < 1.29 is 4.79 Å². The standard InChI is InChI=1S/C23H22N2O/c1-17(18-7-5-8-19(15-18)20-9-6-14-24-16-20)25-22(26)23(12-13-23)21-10-3-2-4-11-21/h2-11,14-17H,12-13H2,1H3,(H,25,26)/t17-/m0/s1. The van der Waals surface area contributed by atoms with Gasteiger partial charge >= 0.3 is 0 Å². The van der Waals surface area contributed by atoms with Crippen LogP contribution in [0.2, 0.25) is 0 Å². The van der Waals surface area contributed by atoms with Crippen molar-refractivity contribution in [3.8, 4) is 11.1 Å². The van der Waals surface area contributed by atoms with Gasteiger partial charge < -0.3 is 5.32 Å². The Morgan fingerprint density at radius 1 is 1.00 bits per heavy atom. The Labute approximate surface area is 154 Å². The summed E-state index contributed by atoms with van der Waals surface area (Å²) >= 11 is 0. The molecule has 3 nitrogen and oxygen atoms in total. The topological polar surface area (TPSA) is 42.0 Å². The molecule has 3 heteroatoms. The Bertz CT molecular complexity index is 902. The van der Waals surface area contributed by atoms with Crippen molar-refractivity contribution in [3.63, 3.8) is 0 Å². The van der Waals surface area contributed by atoms with Crippen LogP contribution in [0.5, 0.6) is 0 Å². The number of carbonyl (C=O) groups excluding carboxylic acids is 1. The van der Waals surface area contributed by atoms with Crippen LogP contribution >= 0.6 is 0 Å². The van der Waals surface area contributed by atoms with E-state index in [4.69, 9.17) is 0 Å². The zero-order valence-corrected chi connectivity index (χ0v) is 14.9. The first-order chi connectivity index (χ1) is 12.7. The molecule has 0 unspecified atom stereocenters. The molecule has 1 atom stereocenters. The van der Waals surface area contributed by atoms with E-state index in [0.29, 0.717) is 0 Å². The Morgan fingerprint density at radius 3 is 2.46 bits per heavy atom. The van der Waals surface area contributed by atoms with Gasteiger partial charge in [-0.2, -0.15) is 0 Å². The molecule has 1 saturated carbocycles. The second-order valence-corrected chi connectivity index (χ2v) is 7.01. The van der Waals surface area contributed by atoms with Gasteiger partial charge in [0.2, 0.25) is 5.91 Å². The molecule has 0 saturated heterocycles. The average molecular weight is 342 g/mol. The predicted molar refractivity (Wildman–Crippen MR) is 104 cm³/mol. The summed E-state index contributed by atoms with van der Waals surface area (Å²) in [4.78, 5) is 17.1. The van der Waals surface area contributed by atoms with Gasteiger partial charge in [-0.1, -0.05) is 54.6 Å². The Hall–Kier alpha value is -2.94. The monoisotopic (exact) mass is 342 g/mol. The number of benzene rings is 2. The first-order valence-corrected chi connectivity index (χ1v) is 9.06. The minimum atomic E-state index is -0.337. The summed E-state index contributed by atoms with van der Waals surface area (Å²) in [5, 5.41) is 3.22. The highest BCUT2D eigenvalue weighted by Gasteiger charge is 2.51. The van der Waals surface area contributed by atoms with E-state index in [0.717, 1.165) is 35.1 Å². The van der Waals surface area contributed by atoms with Crippen molar-refractivity contribution in [1.82, 2.24) is 10.3 Å². The second kappa shape index (κ2) is 6.75. The van der Waals surface area contributed by atoms with Crippen LogP contribution in [0.1, 0.15) is 36.9 Å². The Morgan fingerprint density at radius 2 is 1.77 bits per heavy atom. The molecule has 0 bridgehead atoms. The molecule has 1 aliphatic rings. The van der Waals surface area contributed by atoms with E-state index in [2.05, 4.69) is 40.6 Å². The normalized spacial score (nSPS) is 15.9. The van der Waals surface area contributed by atoms with Gasteiger partial charge in [-0.15, -0.1) is 0 Å². The van der Waals surface area contributed by atoms with Crippen molar-refractivity contribution in [2.75, 3.05) is 0 Å². The van der Waals surface area contributed by atoms with Gasteiger partial charge in [0.05, 0.1) is 11.5 Å². The predicted octanol–water partition coefficient (Wildman–Crippen LogP) is 4.66. The lowest BCUT2D eigenvalue weighted by Crippen LogP contribution is -2.36. The zero-order valence-electron chi connectivity index (χ0n) is 14.9. The summed E-state index contributed by atoms with van der Waals surface area (Å²) in [5.41, 5.74) is 4.07. The highest BCUT2D eigenvalue weighted by Crippen LogP contribution is 2.48. The second-order valence-electron chi connectivity index (χ2n) is 7.01. The van der Waals surface area contributed by atoms with Gasteiger partial charge in [0.25, 0.3) is 0 Å². The SMILES string of the molecule is C[C@H](NC(=O)C1(c2ccccc2)CC1)c1cccc(-c2cccnc2)c1. The molecule has 0 radical (unpaired) electrons. The molecule has 1 amide bonds. The molecule has 1 aromatic heterocycles. The van der Waals surface area contributed by atoms with Crippen LogP contribution in [-0.2, 0) is 10.2 Å². The van der Waals surface area contributed by atoms with E-state index in [1.165, 1.54) is 0 Å². The number of hydrogen-bond donors (Lipinski definition) is 1. The van der Waals surface area contributed by atoms with Crippen LogP contribution < -0.4 is 5.32 Å². The summed E-state index contributed by atoms with van der Waals surface area (Å²) in [6, 6.07) is 22.3. The molecule has 3 aromatic rings. The molecule has 1 aliphatic carbocycles. The molecule has 1 N–H and O–H groups in total. The minimum Gasteiger partial charge on any atom is -0.349 e. The van der Waals surface area contributed by atoms with E-state index in [1.807, 2.05) is 49.5 Å². The van der Waals surface area contributed by atoms with Crippen LogP contribution in [0.25, 0.3) is 11.1 Å². The quantitative estimate of drug-likeness (QED) is 0.733. The summed E-state index contributed by atoms with van der Waals surface area (Å²) in [5.74, 6) is 0.128. The lowest BCUT2D eigenvalue weighted by atomic mass is 9.94. The summed E-state index contributed by atoms with van der Waals surface area (Å²) < 4.78 is 0. The molecule has 4 rings (SSSR count). The van der Waals surface area contributed by atoms with Crippen LogP contribution in [0.15, 0.2) is 79.1 Å². The fourth-order valence-electron chi connectivity index (χ4n) is 3.47. The number of carbonyl (C=O) groups is 1. The minimum absolute atomic E-state index is 0.0414. The molecule has 0 spiro atoms. The summed E-state index contributed by atoms with van der Waals surface area (Å²) in [7, 11) is 0. The lowest BCUT2D eigenvalue weighted by Gasteiger charge is -2.21. The van der Waals surface area contributed by atoms with Gasteiger partial charge in [-0.05, 0) is 54.2 Å². The molecule has 1 heterocycles. The van der Waals surface area contributed by atoms with Gasteiger partial charge in [0.15, 0.2) is 0 Å². The first-order valence-electron chi connectivity index (χ1n) is 9.06. The maximum absolute atomic E-state index is 12.9. The lowest BCUT2D eigenvalue weighted by molar-refractivity contribution is -0.124. The number of pyridine rings is 1. The number of amides is 1. The number of nitrogens with zero attached hydrogens (tertiary/aromatic N) is 1. The highest BCUT2D eigenvalue weighted by molar-refractivity contribution is 5.91. The molecule has 0 aliphatic heterocycles. The smallest absolute Gasteiger partial charge is 0.231 e. The number of nitrogens with one attached hydrogen (secondary N) is 1. The highest BCUT2D eigenvalue weighted by atomic mass is 16.2. The van der Waals surface area contributed by atoms with Gasteiger partial charge in [0, 0.05) is 12.4 Å². The van der Waals surface area contributed by atoms with Gasteiger partial charge in [0.1, 0.15) is 0 Å². The van der Waals surface area contributed by atoms with Crippen LogP contribution in [0, 0.1) is 0 Å². The third-order valence-corrected chi connectivity index (χ3v) is 5.24. The van der Waals surface area contributed by atoms with Gasteiger partial charge in [-0.3, -0.25) is 9.78 Å². The van der Waals surface area contributed by atoms with E-state index < -0.39 is 0 Å². The van der Waals surface area contributed by atoms with E-state index in [1.54, 1.807) is 6.20 Å². The molecular weight excluding hydrogens is 320 g/mol. The molecule has 130 valence electrons. The number of aromatic nitrogens is 1. The third-order valence-electron chi connectivity index (χ3n) is 5.24. The van der Waals surface area contributed by atoms with E-state index in [-0.39, 0.29) is 17.4 Å². The Balaban J connectivity index is 1.52. The summed E-state index contributed by atoms with van der Waals surface area (Å²) in [6.45, 7) is 2.04.